The maximum Gasteiger partial charge on any atom is 0.0125 e. The van der Waals surface area contributed by atoms with E-state index in [1.54, 1.807) is 5.49 Å². The van der Waals surface area contributed by atoms with Gasteiger partial charge in [-0.25, -0.2) is 5.43 Å². The van der Waals surface area contributed by atoms with Crippen LogP contribution in [-0.4, -0.2) is 11.7 Å². The smallest absolute Gasteiger partial charge is 0.0125 e. The van der Waals surface area contributed by atoms with E-state index in [1.807, 2.05) is 6.26 Å². The van der Waals surface area contributed by atoms with Gasteiger partial charge in [0.05, 0.1) is 0 Å². The molecule has 0 rings (SSSR count). The zero-order valence-electron chi connectivity index (χ0n) is 3.51. The molecule has 0 saturated heterocycles. The Kier molecular flexibility index (Phi) is 15.5. The van der Waals surface area contributed by atoms with Crippen molar-refractivity contribution in [2.24, 2.45) is 5.84 Å². The van der Waals surface area contributed by atoms with E-state index in [0.29, 0.717) is 0 Å². The van der Waals surface area contributed by atoms with Gasteiger partial charge in [0, 0.05) is 5.49 Å². The minimum absolute atomic E-state index is 0. The zero-order chi connectivity index (χ0) is 4.12. The van der Waals surface area contributed by atoms with Crippen LogP contribution in [0.25, 0.3) is 0 Å². The molecule has 0 aromatic carbocycles. The molecule has 0 aliphatic heterocycles. The number of halogens is 1. The molecular weight excluding hydrogens is 211 g/mol. The van der Waals surface area contributed by atoms with Crippen LogP contribution < -0.4 is 11.3 Å². The van der Waals surface area contributed by atoms with Crippen LogP contribution in [0.15, 0.2) is 0 Å². The zero-order valence-corrected chi connectivity index (χ0v) is 6.73. The predicted molar refractivity (Wildman–Crippen MR) is 43.7 cm³/mol. The molecule has 4 heteroatoms. The Morgan fingerprint density at radius 1 is 1.83 bits per heavy atom. The summed E-state index contributed by atoms with van der Waals surface area (Å²) in [6.07, 6.45) is 1.99. The lowest BCUT2D eigenvalue weighted by Crippen LogP contribution is -2.17. The van der Waals surface area contributed by atoms with E-state index in [1.165, 1.54) is 11.4 Å². The van der Waals surface area contributed by atoms with Gasteiger partial charge in [0.25, 0.3) is 0 Å². The van der Waals surface area contributed by atoms with Gasteiger partial charge in [0.2, 0.25) is 0 Å². The normalized spacial score (nSPS) is 9.67. The molecule has 0 aliphatic rings. The Bertz CT molecular complexity index is 38.5. The van der Waals surface area contributed by atoms with E-state index < -0.39 is 0 Å². The van der Waals surface area contributed by atoms with Gasteiger partial charge < -0.3 is 0 Å². The molecule has 0 aromatic rings. The summed E-state index contributed by atoms with van der Waals surface area (Å²) in [4.78, 5) is 0. The average molecular weight is 220 g/mol. The lowest BCUT2D eigenvalue weighted by Gasteiger charge is -1.73. The summed E-state index contributed by atoms with van der Waals surface area (Å²) >= 11 is 1.17. The molecule has 0 atom stereocenters. The molecule has 0 bridgehead atoms. The van der Waals surface area contributed by atoms with Gasteiger partial charge in [-0.2, -0.15) is 11.4 Å². The van der Waals surface area contributed by atoms with Gasteiger partial charge in [0.15, 0.2) is 0 Å². The molecule has 0 aliphatic carbocycles. The molecule has 6 heavy (non-hydrogen) atoms. The first kappa shape index (κ1) is 9.98. The van der Waals surface area contributed by atoms with E-state index >= 15 is 0 Å². The van der Waals surface area contributed by atoms with Crippen molar-refractivity contribution in [3.63, 3.8) is 0 Å². The van der Waals surface area contributed by atoms with Gasteiger partial charge in [-0.1, -0.05) is 0 Å². The van der Waals surface area contributed by atoms with Crippen molar-refractivity contribution in [3.05, 3.63) is 0 Å². The number of nitrogens with two attached hydrogens (primary N) is 1. The SMILES string of the molecule is C[SH]=CNN.I. The summed E-state index contributed by atoms with van der Waals surface area (Å²) in [5, 5.41) is 0. The van der Waals surface area contributed by atoms with Gasteiger partial charge in [0.1, 0.15) is 0 Å². The molecule has 0 unspecified atom stereocenters. The van der Waals surface area contributed by atoms with E-state index in [4.69, 9.17) is 5.84 Å². The molecule has 0 amide bonds. The summed E-state index contributed by atoms with van der Waals surface area (Å²) in [6, 6.07) is 0. The van der Waals surface area contributed by atoms with Crippen LogP contribution in [0.4, 0.5) is 0 Å². The highest BCUT2D eigenvalue weighted by molar-refractivity contribution is 14.0. The molecule has 0 saturated carbocycles. The fourth-order valence-electron chi connectivity index (χ4n) is 0.0745. The molecule has 0 fully saturated rings. The average Bonchev–Trinajstić information content (AvgIpc) is 1.41. The van der Waals surface area contributed by atoms with Gasteiger partial charge in [-0.3, -0.25) is 5.84 Å². The fourth-order valence-corrected chi connectivity index (χ4v) is 0.224. The number of rotatable bonds is 1. The third kappa shape index (κ3) is 8.85. The topological polar surface area (TPSA) is 38.0 Å². The van der Waals surface area contributed by atoms with Crippen LogP contribution in [0.3, 0.4) is 0 Å². The van der Waals surface area contributed by atoms with Crippen molar-refractivity contribution < 1.29 is 0 Å². The maximum absolute atomic E-state index is 4.83. The Labute approximate surface area is 58.4 Å². The van der Waals surface area contributed by atoms with Crippen molar-refractivity contribution in [1.29, 1.82) is 0 Å². The monoisotopic (exact) mass is 220 g/mol. The van der Waals surface area contributed by atoms with E-state index in [9.17, 15) is 0 Å². The number of hydrogen-bond donors (Lipinski definition) is 3. The molecule has 0 heterocycles. The molecule has 40 valence electrons. The van der Waals surface area contributed by atoms with Crippen molar-refractivity contribution in [2.45, 2.75) is 0 Å². The highest BCUT2D eigenvalue weighted by atomic mass is 127. The Morgan fingerprint density at radius 2 is 2.33 bits per heavy atom. The lowest BCUT2D eigenvalue weighted by molar-refractivity contribution is 1.07. The van der Waals surface area contributed by atoms with Crippen molar-refractivity contribution >= 4 is 40.8 Å². The van der Waals surface area contributed by atoms with E-state index in [0.717, 1.165) is 0 Å². The van der Waals surface area contributed by atoms with E-state index in [-0.39, 0.29) is 24.0 Å². The number of nitrogens with one attached hydrogen (secondary N) is 1. The first-order chi connectivity index (χ1) is 2.41. The summed E-state index contributed by atoms with van der Waals surface area (Å²) < 4.78 is 0. The standard InChI is InChI=1S/C2H8N2S.HI/c1-5-2-4-3;/h2,4-5H,3H2,1H3;1H. The maximum atomic E-state index is 4.83. The number of hydrazine groups is 1. The molecule has 2 nitrogen and oxygen atoms in total. The Morgan fingerprint density at radius 3 is 2.33 bits per heavy atom. The summed E-state index contributed by atoms with van der Waals surface area (Å²) in [5.41, 5.74) is 4.13. The summed E-state index contributed by atoms with van der Waals surface area (Å²) in [5.74, 6) is 4.83. The van der Waals surface area contributed by atoms with Crippen LogP contribution in [-0.2, 0) is 0 Å². The van der Waals surface area contributed by atoms with Crippen LogP contribution in [0.5, 0.6) is 0 Å². The molecule has 0 aromatic heterocycles. The van der Waals surface area contributed by atoms with E-state index in [2.05, 4.69) is 5.43 Å². The predicted octanol–water partition coefficient (Wildman–Crippen LogP) is -0.0773. The summed E-state index contributed by atoms with van der Waals surface area (Å²) in [6.45, 7) is 0. The fraction of sp³-hybridized carbons (Fsp3) is 0.500. The number of thiol groups is 1. The second-order valence-corrected chi connectivity index (χ2v) is 1.33. The Balaban J connectivity index is 0. The van der Waals surface area contributed by atoms with Crippen LogP contribution in [0.2, 0.25) is 0 Å². The van der Waals surface area contributed by atoms with Crippen LogP contribution in [0.1, 0.15) is 0 Å². The highest BCUT2D eigenvalue weighted by Crippen LogP contribution is 1.58. The third-order valence-electron chi connectivity index (χ3n) is 0.204. The third-order valence-corrected chi connectivity index (χ3v) is 0.611. The quantitative estimate of drug-likeness (QED) is 0.190. The van der Waals surface area contributed by atoms with Gasteiger partial charge >= 0.3 is 0 Å². The summed E-state index contributed by atoms with van der Waals surface area (Å²) in [7, 11) is 0. The van der Waals surface area contributed by atoms with Gasteiger partial charge in [-0.05, 0) is 6.26 Å². The minimum Gasteiger partial charge on any atom is -0.267 e. The van der Waals surface area contributed by atoms with Crippen molar-refractivity contribution in [1.82, 2.24) is 5.43 Å². The largest absolute Gasteiger partial charge is 0.267 e. The van der Waals surface area contributed by atoms with Crippen LogP contribution >= 0.6 is 35.3 Å². The van der Waals surface area contributed by atoms with Crippen molar-refractivity contribution in [2.75, 3.05) is 6.26 Å². The molecule has 0 radical (unpaired) electrons. The highest BCUT2D eigenvalue weighted by Gasteiger charge is 1.45. The number of hydrogen-bond acceptors (Lipinski definition) is 1. The second-order valence-electron chi connectivity index (χ2n) is 0.554. The second kappa shape index (κ2) is 9.30. The minimum atomic E-state index is 0. The molecular formula is C2H9IN2S. The molecule has 3 N–H and O–H groups in total. The van der Waals surface area contributed by atoms with Crippen molar-refractivity contribution in [3.8, 4) is 0 Å². The van der Waals surface area contributed by atoms with Crippen LogP contribution in [0, 0.1) is 0 Å². The first-order valence-corrected chi connectivity index (χ1v) is 2.69. The Hall–Kier alpha value is 0.870. The lowest BCUT2D eigenvalue weighted by atomic mass is 11.5. The molecule has 0 spiro atoms. The van der Waals surface area contributed by atoms with Gasteiger partial charge in [-0.15, -0.1) is 24.0 Å². The first-order valence-electron chi connectivity index (χ1n) is 1.28.